The van der Waals surface area contributed by atoms with Crippen molar-refractivity contribution in [3.8, 4) is 12.3 Å². The minimum atomic E-state index is -0.667. The monoisotopic (exact) mass is 167 g/mol. The Morgan fingerprint density at radius 1 is 1.75 bits per heavy atom. The summed E-state index contributed by atoms with van der Waals surface area (Å²) in [7, 11) is 0. The zero-order valence-corrected chi connectivity index (χ0v) is 6.95. The van der Waals surface area contributed by atoms with Gasteiger partial charge >= 0.3 is 6.09 Å². The molecule has 2 atom stereocenters. The number of carbonyl (C=O) groups is 1. The van der Waals surface area contributed by atoms with E-state index in [-0.39, 0.29) is 6.10 Å². The van der Waals surface area contributed by atoms with Crippen LogP contribution in [0.15, 0.2) is 0 Å². The molecule has 1 amide bonds. The van der Waals surface area contributed by atoms with Gasteiger partial charge in [0, 0.05) is 6.42 Å². The van der Waals surface area contributed by atoms with E-state index in [0.717, 1.165) is 25.7 Å². The number of terminal acetylenes is 1. The maximum Gasteiger partial charge on any atom is 0.404 e. The third-order valence-electron chi connectivity index (χ3n) is 2.02. The highest BCUT2D eigenvalue weighted by molar-refractivity contribution is 5.65. The molecule has 3 heteroatoms. The van der Waals surface area contributed by atoms with Crippen LogP contribution in [0.2, 0.25) is 0 Å². The lowest BCUT2D eigenvalue weighted by molar-refractivity contribution is 0.143. The SMILES string of the molecule is C#CCCCC1CC1OC(N)=O. The summed E-state index contributed by atoms with van der Waals surface area (Å²) in [6.07, 6.45) is 8.31. The predicted molar refractivity (Wildman–Crippen MR) is 45.2 cm³/mol. The van der Waals surface area contributed by atoms with Crippen LogP contribution in [0.5, 0.6) is 0 Å². The van der Waals surface area contributed by atoms with Gasteiger partial charge in [0.05, 0.1) is 0 Å². The predicted octanol–water partition coefficient (Wildman–Crippen LogP) is 1.27. The molecule has 0 aromatic rings. The molecule has 0 aromatic carbocycles. The second-order valence-electron chi connectivity index (χ2n) is 3.07. The first-order valence-electron chi connectivity index (χ1n) is 4.13. The summed E-state index contributed by atoms with van der Waals surface area (Å²) < 4.78 is 4.79. The number of unbranched alkanes of at least 4 members (excludes halogenated alkanes) is 1. The maximum absolute atomic E-state index is 10.3. The van der Waals surface area contributed by atoms with E-state index >= 15 is 0 Å². The van der Waals surface area contributed by atoms with Gasteiger partial charge in [0.15, 0.2) is 0 Å². The average molecular weight is 167 g/mol. The van der Waals surface area contributed by atoms with Crippen LogP contribution < -0.4 is 5.73 Å². The molecule has 1 aliphatic rings. The molecule has 12 heavy (non-hydrogen) atoms. The maximum atomic E-state index is 10.3. The third kappa shape index (κ3) is 2.83. The summed E-state index contributed by atoms with van der Waals surface area (Å²) in [6, 6.07) is 0. The van der Waals surface area contributed by atoms with E-state index in [1.165, 1.54) is 0 Å². The van der Waals surface area contributed by atoms with Crippen LogP contribution in [-0.2, 0) is 4.74 Å². The normalized spacial score (nSPS) is 25.9. The molecule has 1 rings (SSSR count). The Balaban J connectivity index is 2.01. The first kappa shape index (κ1) is 8.92. The molecule has 3 nitrogen and oxygen atoms in total. The van der Waals surface area contributed by atoms with Crippen molar-refractivity contribution in [1.82, 2.24) is 0 Å². The average Bonchev–Trinajstić information content (AvgIpc) is 2.67. The van der Waals surface area contributed by atoms with E-state index in [9.17, 15) is 4.79 Å². The van der Waals surface area contributed by atoms with Crippen molar-refractivity contribution in [3.63, 3.8) is 0 Å². The van der Waals surface area contributed by atoms with Crippen LogP contribution in [0.1, 0.15) is 25.7 Å². The minimum Gasteiger partial charge on any atom is -0.446 e. The minimum absolute atomic E-state index is 0.0697. The molecule has 2 unspecified atom stereocenters. The van der Waals surface area contributed by atoms with Gasteiger partial charge in [0.1, 0.15) is 6.10 Å². The molecule has 2 N–H and O–H groups in total. The number of primary amides is 1. The first-order chi connectivity index (χ1) is 5.74. The largest absolute Gasteiger partial charge is 0.446 e. The van der Waals surface area contributed by atoms with Crippen LogP contribution in [0.4, 0.5) is 4.79 Å². The number of carbonyl (C=O) groups excluding carboxylic acids is 1. The van der Waals surface area contributed by atoms with Gasteiger partial charge in [-0.1, -0.05) is 0 Å². The van der Waals surface area contributed by atoms with Crippen molar-refractivity contribution in [3.05, 3.63) is 0 Å². The fourth-order valence-corrected chi connectivity index (χ4v) is 1.28. The van der Waals surface area contributed by atoms with Gasteiger partial charge < -0.3 is 10.5 Å². The summed E-state index contributed by atoms with van der Waals surface area (Å²) in [6.45, 7) is 0. The standard InChI is InChI=1S/C9H13NO2/c1-2-3-4-5-7-6-8(7)12-9(10)11/h1,7-8H,3-6H2,(H2,10,11). The van der Waals surface area contributed by atoms with Crippen molar-refractivity contribution >= 4 is 6.09 Å². The molecule has 1 saturated carbocycles. The first-order valence-corrected chi connectivity index (χ1v) is 4.13. The molecular weight excluding hydrogens is 154 g/mol. The van der Waals surface area contributed by atoms with Crippen LogP contribution in [0.3, 0.4) is 0 Å². The number of amides is 1. The number of ether oxygens (including phenoxy) is 1. The highest BCUT2D eigenvalue weighted by Gasteiger charge is 2.39. The highest BCUT2D eigenvalue weighted by Crippen LogP contribution is 2.37. The molecule has 0 heterocycles. The Bertz CT molecular complexity index is 207. The van der Waals surface area contributed by atoms with Crippen LogP contribution in [-0.4, -0.2) is 12.2 Å². The Hall–Kier alpha value is -1.17. The van der Waals surface area contributed by atoms with Crippen molar-refractivity contribution in [2.24, 2.45) is 11.7 Å². The topological polar surface area (TPSA) is 52.3 Å². The molecule has 0 saturated heterocycles. The van der Waals surface area contributed by atoms with Gasteiger partial charge in [-0.2, -0.15) is 0 Å². The van der Waals surface area contributed by atoms with Gasteiger partial charge in [-0.3, -0.25) is 0 Å². The van der Waals surface area contributed by atoms with Gasteiger partial charge in [-0.15, -0.1) is 12.3 Å². The van der Waals surface area contributed by atoms with Gasteiger partial charge in [0.2, 0.25) is 0 Å². The van der Waals surface area contributed by atoms with Crippen LogP contribution >= 0.6 is 0 Å². The Morgan fingerprint density at radius 2 is 2.50 bits per heavy atom. The van der Waals surface area contributed by atoms with E-state index in [0.29, 0.717) is 5.92 Å². The van der Waals surface area contributed by atoms with E-state index in [4.69, 9.17) is 16.9 Å². The molecule has 0 aromatic heterocycles. The van der Waals surface area contributed by atoms with E-state index in [1.54, 1.807) is 0 Å². The van der Waals surface area contributed by atoms with Gasteiger partial charge in [-0.05, 0) is 25.2 Å². The second kappa shape index (κ2) is 4.01. The molecule has 1 fully saturated rings. The van der Waals surface area contributed by atoms with Crippen LogP contribution in [0, 0.1) is 18.3 Å². The number of hydrogen-bond acceptors (Lipinski definition) is 2. The van der Waals surface area contributed by atoms with E-state index in [2.05, 4.69) is 5.92 Å². The van der Waals surface area contributed by atoms with Crippen LogP contribution in [0.25, 0.3) is 0 Å². The van der Waals surface area contributed by atoms with Crippen molar-refractivity contribution in [2.45, 2.75) is 31.8 Å². The number of hydrogen-bond donors (Lipinski definition) is 1. The Kier molecular flexibility index (Phi) is 2.98. The molecule has 1 aliphatic carbocycles. The zero-order chi connectivity index (χ0) is 8.97. The van der Waals surface area contributed by atoms with Crippen molar-refractivity contribution < 1.29 is 9.53 Å². The smallest absolute Gasteiger partial charge is 0.404 e. The number of nitrogens with two attached hydrogens (primary N) is 1. The molecular formula is C9H13NO2. The molecule has 0 bridgehead atoms. The Morgan fingerprint density at radius 3 is 3.08 bits per heavy atom. The summed E-state index contributed by atoms with van der Waals surface area (Å²) in [5.74, 6) is 3.08. The molecule has 0 aliphatic heterocycles. The highest BCUT2D eigenvalue weighted by atomic mass is 16.6. The van der Waals surface area contributed by atoms with Crippen molar-refractivity contribution in [1.29, 1.82) is 0 Å². The van der Waals surface area contributed by atoms with Gasteiger partial charge in [0.25, 0.3) is 0 Å². The van der Waals surface area contributed by atoms with Crippen molar-refractivity contribution in [2.75, 3.05) is 0 Å². The lowest BCUT2D eigenvalue weighted by Gasteiger charge is -1.98. The van der Waals surface area contributed by atoms with E-state index in [1.807, 2.05) is 0 Å². The lowest BCUT2D eigenvalue weighted by Crippen LogP contribution is -2.15. The number of rotatable bonds is 4. The summed E-state index contributed by atoms with van der Waals surface area (Å²) in [5.41, 5.74) is 4.86. The summed E-state index contributed by atoms with van der Waals surface area (Å²) in [4.78, 5) is 10.3. The second-order valence-corrected chi connectivity index (χ2v) is 3.07. The Labute approximate surface area is 72.3 Å². The fourth-order valence-electron chi connectivity index (χ4n) is 1.28. The van der Waals surface area contributed by atoms with Gasteiger partial charge in [-0.25, -0.2) is 4.79 Å². The summed E-state index contributed by atoms with van der Waals surface area (Å²) >= 11 is 0. The summed E-state index contributed by atoms with van der Waals surface area (Å²) in [5, 5.41) is 0. The molecule has 0 spiro atoms. The third-order valence-corrected chi connectivity index (χ3v) is 2.02. The quantitative estimate of drug-likeness (QED) is 0.506. The zero-order valence-electron chi connectivity index (χ0n) is 6.95. The van der Waals surface area contributed by atoms with E-state index < -0.39 is 6.09 Å². The molecule has 0 radical (unpaired) electrons. The fraction of sp³-hybridized carbons (Fsp3) is 0.667. The lowest BCUT2D eigenvalue weighted by atomic mass is 10.2. The molecule has 66 valence electrons.